The molecule has 2 atom stereocenters. The highest BCUT2D eigenvalue weighted by molar-refractivity contribution is 9.10. The lowest BCUT2D eigenvalue weighted by Gasteiger charge is -2.27. The van der Waals surface area contributed by atoms with Crippen LogP contribution in [0, 0.1) is 0 Å². The minimum atomic E-state index is -0.222. The van der Waals surface area contributed by atoms with Gasteiger partial charge in [-0.25, -0.2) is 0 Å². The monoisotopic (exact) mass is 244 g/mol. The molecule has 3 nitrogen and oxygen atoms in total. The predicted molar refractivity (Wildman–Crippen MR) is 53.4 cm³/mol. The van der Waals surface area contributed by atoms with E-state index in [9.17, 15) is 5.11 Å². The Bertz CT molecular complexity index is 287. The van der Waals surface area contributed by atoms with Gasteiger partial charge < -0.3 is 5.11 Å². The van der Waals surface area contributed by atoms with Crippen LogP contribution in [-0.4, -0.2) is 21.0 Å². The van der Waals surface area contributed by atoms with Gasteiger partial charge in [-0.05, 0) is 28.8 Å². The van der Waals surface area contributed by atoms with Crippen molar-refractivity contribution < 1.29 is 5.11 Å². The van der Waals surface area contributed by atoms with E-state index in [1.807, 2.05) is 10.9 Å². The Labute approximate surface area is 85.9 Å². The van der Waals surface area contributed by atoms with Crippen molar-refractivity contribution in [2.24, 2.45) is 0 Å². The van der Waals surface area contributed by atoms with E-state index in [1.165, 1.54) is 6.42 Å². The molecule has 1 aromatic rings. The Morgan fingerprint density at radius 1 is 1.46 bits per heavy atom. The standard InChI is InChI=1S/C9H13BrN2O/c10-7-5-11-12(6-7)8-3-1-2-4-9(8)13/h5-6,8-9,13H,1-4H2/t8-,9-/m0/s1. The maximum Gasteiger partial charge on any atom is 0.0778 e. The second-order valence-electron chi connectivity index (χ2n) is 3.56. The lowest BCUT2D eigenvalue weighted by atomic mass is 9.93. The third-order valence-electron chi connectivity index (χ3n) is 2.60. The van der Waals surface area contributed by atoms with Gasteiger partial charge in [0.25, 0.3) is 0 Å². The molecule has 0 aliphatic heterocycles. The summed E-state index contributed by atoms with van der Waals surface area (Å²) < 4.78 is 2.85. The third-order valence-corrected chi connectivity index (χ3v) is 3.01. The first-order chi connectivity index (χ1) is 6.27. The van der Waals surface area contributed by atoms with E-state index in [-0.39, 0.29) is 12.1 Å². The minimum absolute atomic E-state index is 0.181. The van der Waals surface area contributed by atoms with Crippen molar-refractivity contribution >= 4 is 15.9 Å². The Morgan fingerprint density at radius 2 is 2.23 bits per heavy atom. The molecule has 4 heteroatoms. The van der Waals surface area contributed by atoms with E-state index in [2.05, 4.69) is 21.0 Å². The van der Waals surface area contributed by atoms with E-state index >= 15 is 0 Å². The zero-order valence-electron chi connectivity index (χ0n) is 7.36. The summed E-state index contributed by atoms with van der Waals surface area (Å²) in [4.78, 5) is 0. The molecule has 0 bridgehead atoms. The molecular formula is C9H13BrN2O. The highest BCUT2D eigenvalue weighted by atomic mass is 79.9. The van der Waals surface area contributed by atoms with Crippen LogP contribution in [0.15, 0.2) is 16.9 Å². The lowest BCUT2D eigenvalue weighted by Crippen LogP contribution is -2.27. The molecule has 1 aliphatic rings. The number of hydrogen-bond acceptors (Lipinski definition) is 2. The highest BCUT2D eigenvalue weighted by Crippen LogP contribution is 2.28. The first-order valence-electron chi connectivity index (χ1n) is 4.65. The summed E-state index contributed by atoms with van der Waals surface area (Å²) in [6.07, 6.45) is 7.75. The van der Waals surface area contributed by atoms with Gasteiger partial charge in [-0.1, -0.05) is 12.8 Å². The summed E-state index contributed by atoms with van der Waals surface area (Å²) in [6, 6.07) is 0.181. The van der Waals surface area contributed by atoms with Gasteiger partial charge in [0.2, 0.25) is 0 Å². The molecule has 0 saturated heterocycles. The molecule has 0 unspecified atom stereocenters. The summed E-state index contributed by atoms with van der Waals surface area (Å²) in [5.74, 6) is 0. The number of aromatic nitrogens is 2. The van der Waals surface area contributed by atoms with E-state index in [4.69, 9.17) is 0 Å². The molecular weight excluding hydrogens is 232 g/mol. The van der Waals surface area contributed by atoms with Crippen molar-refractivity contribution in [3.8, 4) is 0 Å². The zero-order chi connectivity index (χ0) is 9.26. The molecule has 0 aromatic carbocycles. The van der Waals surface area contributed by atoms with Crippen molar-refractivity contribution in [2.45, 2.75) is 37.8 Å². The Kier molecular flexibility index (Phi) is 2.69. The van der Waals surface area contributed by atoms with Crippen LogP contribution in [0.5, 0.6) is 0 Å². The molecule has 2 rings (SSSR count). The van der Waals surface area contributed by atoms with Crippen molar-refractivity contribution in [3.05, 3.63) is 16.9 Å². The largest absolute Gasteiger partial charge is 0.391 e. The van der Waals surface area contributed by atoms with E-state index in [0.717, 1.165) is 23.7 Å². The SMILES string of the molecule is O[C@H]1CCCC[C@@H]1n1cc(Br)cn1. The molecule has 13 heavy (non-hydrogen) atoms. The fourth-order valence-corrected chi connectivity index (χ4v) is 2.20. The minimum Gasteiger partial charge on any atom is -0.391 e. The molecule has 1 N–H and O–H groups in total. The number of rotatable bonds is 1. The maximum atomic E-state index is 9.76. The smallest absolute Gasteiger partial charge is 0.0778 e. The van der Waals surface area contributed by atoms with E-state index in [1.54, 1.807) is 6.20 Å². The fourth-order valence-electron chi connectivity index (χ4n) is 1.90. The van der Waals surface area contributed by atoms with Gasteiger partial charge in [0.05, 0.1) is 22.8 Å². The first kappa shape index (κ1) is 9.21. The van der Waals surface area contributed by atoms with Crippen LogP contribution in [0.2, 0.25) is 0 Å². The Morgan fingerprint density at radius 3 is 2.85 bits per heavy atom. The van der Waals surface area contributed by atoms with Crippen LogP contribution >= 0.6 is 15.9 Å². The summed E-state index contributed by atoms with van der Waals surface area (Å²) in [7, 11) is 0. The van der Waals surface area contributed by atoms with Crippen LogP contribution < -0.4 is 0 Å². The van der Waals surface area contributed by atoms with Crippen LogP contribution in [0.3, 0.4) is 0 Å². The van der Waals surface area contributed by atoms with Crippen molar-refractivity contribution in [3.63, 3.8) is 0 Å². The highest BCUT2D eigenvalue weighted by Gasteiger charge is 2.24. The van der Waals surface area contributed by atoms with Gasteiger partial charge >= 0.3 is 0 Å². The van der Waals surface area contributed by atoms with Gasteiger partial charge in [-0.2, -0.15) is 5.10 Å². The van der Waals surface area contributed by atoms with Crippen molar-refractivity contribution in [1.82, 2.24) is 9.78 Å². The summed E-state index contributed by atoms with van der Waals surface area (Å²) in [6.45, 7) is 0. The second-order valence-corrected chi connectivity index (χ2v) is 4.47. The van der Waals surface area contributed by atoms with E-state index < -0.39 is 0 Å². The van der Waals surface area contributed by atoms with Gasteiger partial charge in [0.1, 0.15) is 0 Å². The number of aliphatic hydroxyl groups is 1. The van der Waals surface area contributed by atoms with Crippen LogP contribution in [-0.2, 0) is 0 Å². The summed E-state index contributed by atoms with van der Waals surface area (Å²) >= 11 is 3.35. The van der Waals surface area contributed by atoms with Crippen molar-refractivity contribution in [2.75, 3.05) is 0 Å². The zero-order valence-corrected chi connectivity index (χ0v) is 8.94. The molecule has 1 fully saturated rings. The average molecular weight is 245 g/mol. The van der Waals surface area contributed by atoms with Crippen molar-refractivity contribution in [1.29, 1.82) is 0 Å². The lowest BCUT2D eigenvalue weighted by molar-refractivity contribution is 0.0694. The average Bonchev–Trinajstić information content (AvgIpc) is 2.53. The summed E-state index contributed by atoms with van der Waals surface area (Å²) in [5, 5.41) is 14.0. The molecule has 0 amide bonds. The third kappa shape index (κ3) is 1.94. The van der Waals surface area contributed by atoms with E-state index in [0.29, 0.717) is 0 Å². The molecule has 1 heterocycles. The van der Waals surface area contributed by atoms with Gasteiger partial charge in [0, 0.05) is 6.20 Å². The van der Waals surface area contributed by atoms with Crippen LogP contribution in [0.1, 0.15) is 31.7 Å². The fraction of sp³-hybridized carbons (Fsp3) is 0.667. The Balaban J connectivity index is 2.14. The number of aliphatic hydroxyl groups excluding tert-OH is 1. The van der Waals surface area contributed by atoms with Gasteiger partial charge in [-0.3, -0.25) is 4.68 Å². The van der Waals surface area contributed by atoms with Gasteiger partial charge in [-0.15, -0.1) is 0 Å². The van der Waals surface area contributed by atoms with Crippen LogP contribution in [0.4, 0.5) is 0 Å². The van der Waals surface area contributed by atoms with Gasteiger partial charge in [0.15, 0.2) is 0 Å². The molecule has 0 radical (unpaired) electrons. The first-order valence-corrected chi connectivity index (χ1v) is 5.44. The maximum absolute atomic E-state index is 9.76. The Hall–Kier alpha value is -0.350. The van der Waals surface area contributed by atoms with Crippen LogP contribution in [0.25, 0.3) is 0 Å². The number of halogens is 1. The number of hydrogen-bond donors (Lipinski definition) is 1. The second kappa shape index (κ2) is 3.80. The topological polar surface area (TPSA) is 38.0 Å². The molecule has 1 aliphatic carbocycles. The quantitative estimate of drug-likeness (QED) is 0.822. The summed E-state index contributed by atoms with van der Waals surface area (Å²) in [5.41, 5.74) is 0. The predicted octanol–water partition coefficient (Wildman–Crippen LogP) is 2.12. The molecule has 1 saturated carbocycles. The normalized spacial score (nSPS) is 29.1. The molecule has 1 aromatic heterocycles. The molecule has 0 spiro atoms. The number of nitrogens with zero attached hydrogens (tertiary/aromatic N) is 2. The molecule has 72 valence electrons.